The standard InChI is InChI=1S/C23H33IN3O8P3/c1-6-33-36(5,28)23(37(29,30)31,38(32,34-7-2)35-8-3)15-14-19-16-17(4)25-22-20(24)21(26-27(19)22)18-12-10-9-11-13-18/h9-13,16H,6-8,14-15H2,1-5H3,(H2,29,30,31). The van der Waals surface area contributed by atoms with E-state index in [1.54, 1.807) is 24.4 Å². The topological polar surface area (TPSA) is 150 Å². The Labute approximate surface area is 236 Å². The van der Waals surface area contributed by atoms with E-state index in [2.05, 4.69) is 27.6 Å². The molecule has 2 atom stereocenters. The normalized spacial score (nSPS) is 15.9. The zero-order chi connectivity index (χ0) is 28.4. The van der Waals surface area contributed by atoms with E-state index in [1.165, 1.54) is 13.8 Å². The molecule has 0 saturated heterocycles. The first-order valence-electron chi connectivity index (χ1n) is 12.1. The highest BCUT2D eigenvalue weighted by Crippen LogP contribution is 2.88. The molecule has 0 aliphatic carbocycles. The lowest BCUT2D eigenvalue weighted by Gasteiger charge is -2.41. The summed E-state index contributed by atoms with van der Waals surface area (Å²) in [5.41, 5.74) is 3.30. The van der Waals surface area contributed by atoms with Crippen molar-refractivity contribution in [2.24, 2.45) is 0 Å². The highest BCUT2D eigenvalue weighted by molar-refractivity contribution is 14.1. The molecule has 0 amide bonds. The van der Waals surface area contributed by atoms with E-state index < -0.39 is 33.6 Å². The van der Waals surface area contributed by atoms with Crippen LogP contribution < -0.4 is 0 Å². The largest absolute Gasteiger partial charge is 0.358 e. The number of rotatable bonds is 13. The molecule has 0 aliphatic heterocycles. The monoisotopic (exact) mass is 699 g/mol. The molecule has 3 aromatic rings. The van der Waals surface area contributed by atoms with Gasteiger partial charge in [0.2, 0.25) is 12.0 Å². The molecule has 2 unspecified atom stereocenters. The van der Waals surface area contributed by atoms with Gasteiger partial charge in [0.05, 0.1) is 23.4 Å². The van der Waals surface area contributed by atoms with Gasteiger partial charge < -0.3 is 23.4 Å². The van der Waals surface area contributed by atoms with Gasteiger partial charge in [0, 0.05) is 23.6 Å². The number of hydrogen-bond acceptors (Lipinski definition) is 8. The number of benzene rings is 1. The van der Waals surface area contributed by atoms with Crippen LogP contribution in [0.1, 0.15) is 38.6 Å². The zero-order valence-corrected chi connectivity index (χ0v) is 26.7. The summed E-state index contributed by atoms with van der Waals surface area (Å²) in [5.74, 6) is 0. The second-order valence-corrected chi connectivity index (χ2v) is 17.5. The molecule has 0 bridgehead atoms. The Morgan fingerprint density at radius 1 is 1.00 bits per heavy atom. The van der Waals surface area contributed by atoms with E-state index in [1.807, 2.05) is 30.3 Å². The maximum atomic E-state index is 14.2. The third-order valence-corrected chi connectivity index (χ3v) is 18.0. The molecule has 3 rings (SSSR count). The summed E-state index contributed by atoms with van der Waals surface area (Å²) >= 11 is 2.17. The molecule has 15 heteroatoms. The Balaban J connectivity index is 2.24. The first kappa shape index (κ1) is 31.6. The molecule has 1 aromatic carbocycles. The molecule has 0 aliphatic rings. The quantitative estimate of drug-likeness (QED) is 0.154. The second kappa shape index (κ2) is 12.3. The number of aromatic nitrogens is 3. The fraction of sp³-hybridized carbons (Fsp3) is 0.478. The third-order valence-electron chi connectivity index (χ3n) is 6.03. The molecule has 210 valence electrons. The van der Waals surface area contributed by atoms with Gasteiger partial charge in [0.1, 0.15) is 5.69 Å². The number of nitrogens with zero attached hydrogens (tertiary/aromatic N) is 3. The van der Waals surface area contributed by atoms with Crippen LogP contribution in [-0.4, -0.2) is 55.5 Å². The number of halogens is 1. The molecule has 2 aromatic heterocycles. The summed E-state index contributed by atoms with van der Waals surface area (Å²) in [6, 6.07) is 11.3. The van der Waals surface area contributed by atoms with Gasteiger partial charge in [-0.1, -0.05) is 30.3 Å². The highest BCUT2D eigenvalue weighted by Gasteiger charge is 2.71. The van der Waals surface area contributed by atoms with E-state index in [4.69, 9.17) is 18.7 Å². The fourth-order valence-corrected chi connectivity index (χ4v) is 14.4. The van der Waals surface area contributed by atoms with Crippen molar-refractivity contribution in [3.63, 3.8) is 0 Å². The molecular formula is C23H33IN3O8P3. The molecule has 0 fully saturated rings. The Morgan fingerprint density at radius 2 is 1.58 bits per heavy atom. The zero-order valence-electron chi connectivity index (χ0n) is 21.9. The average molecular weight is 699 g/mol. The second-order valence-electron chi connectivity index (χ2n) is 8.57. The lowest BCUT2D eigenvalue weighted by Crippen LogP contribution is -2.33. The predicted molar refractivity (Wildman–Crippen MR) is 155 cm³/mol. The Morgan fingerprint density at radius 3 is 2.11 bits per heavy atom. The van der Waals surface area contributed by atoms with Crippen molar-refractivity contribution in [3.05, 3.63) is 51.4 Å². The van der Waals surface area contributed by atoms with E-state index in [9.17, 15) is 23.5 Å². The highest BCUT2D eigenvalue weighted by atomic mass is 127. The van der Waals surface area contributed by atoms with Crippen LogP contribution >= 0.6 is 45.2 Å². The number of aryl methyl sites for hydroxylation is 2. The fourth-order valence-electron chi connectivity index (χ4n) is 4.48. The van der Waals surface area contributed by atoms with Crippen LogP contribution in [0, 0.1) is 10.5 Å². The van der Waals surface area contributed by atoms with Crippen LogP contribution in [0.2, 0.25) is 0 Å². The molecular weight excluding hydrogens is 666 g/mol. The molecule has 38 heavy (non-hydrogen) atoms. The minimum atomic E-state index is -5.45. The van der Waals surface area contributed by atoms with Crippen molar-refractivity contribution in [3.8, 4) is 11.3 Å². The van der Waals surface area contributed by atoms with Gasteiger partial charge >= 0.3 is 15.2 Å². The number of hydrogen-bond donors (Lipinski definition) is 2. The number of fused-ring (bicyclic) bond motifs is 1. The van der Waals surface area contributed by atoms with Crippen LogP contribution in [0.15, 0.2) is 36.4 Å². The van der Waals surface area contributed by atoms with Gasteiger partial charge in [-0.05, 0) is 69.2 Å². The summed E-state index contributed by atoms with van der Waals surface area (Å²) < 4.78 is 57.4. The molecule has 0 radical (unpaired) electrons. The SMILES string of the molecule is CCOP(C)(=O)C(CCc1cc(C)nc2c(I)c(-c3ccccc3)nn12)(P(=O)(O)O)P(=O)(OCC)OCC. The van der Waals surface area contributed by atoms with Crippen LogP contribution in [-0.2, 0) is 33.7 Å². The molecule has 2 N–H and O–H groups in total. The van der Waals surface area contributed by atoms with Gasteiger partial charge in [0.15, 0.2) is 5.65 Å². The summed E-state index contributed by atoms with van der Waals surface area (Å²) in [5, 5.41) is 4.74. The van der Waals surface area contributed by atoms with Gasteiger partial charge in [0.25, 0.3) is 0 Å². The first-order chi connectivity index (χ1) is 17.8. The van der Waals surface area contributed by atoms with Gasteiger partial charge in [-0.2, -0.15) is 5.10 Å². The third kappa shape index (κ3) is 5.76. The predicted octanol–water partition coefficient (Wildman–Crippen LogP) is 6.28. The lowest BCUT2D eigenvalue weighted by molar-refractivity contribution is 0.204. The lowest BCUT2D eigenvalue weighted by atomic mass is 10.2. The summed E-state index contributed by atoms with van der Waals surface area (Å²) in [4.78, 5) is 26.0. The van der Waals surface area contributed by atoms with E-state index in [-0.39, 0.29) is 26.2 Å². The minimum absolute atomic E-state index is 0.0774. The van der Waals surface area contributed by atoms with Crippen LogP contribution in [0.3, 0.4) is 0 Å². The molecule has 11 nitrogen and oxygen atoms in total. The van der Waals surface area contributed by atoms with Crippen molar-refractivity contribution < 1.29 is 37.1 Å². The molecule has 2 heterocycles. The van der Waals surface area contributed by atoms with Crippen molar-refractivity contribution in [2.75, 3.05) is 26.5 Å². The first-order valence-corrected chi connectivity index (χ1v) is 18.4. The van der Waals surface area contributed by atoms with E-state index in [0.29, 0.717) is 22.7 Å². The van der Waals surface area contributed by atoms with Crippen LogP contribution in [0.4, 0.5) is 0 Å². The smallest absolute Gasteiger partial charge is 0.328 e. The molecule has 0 saturated carbocycles. The molecule has 0 spiro atoms. The maximum absolute atomic E-state index is 14.2. The minimum Gasteiger partial charge on any atom is -0.328 e. The summed E-state index contributed by atoms with van der Waals surface area (Å²) in [7, 11) is -14.5. The summed E-state index contributed by atoms with van der Waals surface area (Å²) in [6.07, 6.45) is -0.593. The van der Waals surface area contributed by atoms with Gasteiger partial charge in [-0.15, -0.1) is 0 Å². The van der Waals surface area contributed by atoms with Crippen LogP contribution in [0.5, 0.6) is 0 Å². The summed E-state index contributed by atoms with van der Waals surface area (Å²) in [6.45, 7) is 6.97. The van der Waals surface area contributed by atoms with Crippen molar-refractivity contribution in [1.29, 1.82) is 0 Å². The van der Waals surface area contributed by atoms with E-state index >= 15 is 0 Å². The Kier molecular flexibility index (Phi) is 10.2. The van der Waals surface area contributed by atoms with Crippen molar-refractivity contribution in [1.82, 2.24) is 14.6 Å². The maximum Gasteiger partial charge on any atom is 0.358 e. The Hall–Kier alpha value is -0.940. The average Bonchev–Trinajstić information content (AvgIpc) is 3.15. The van der Waals surface area contributed by atoms with Crippen LogP contribution in [0.25, 0.3) is 16.9 Å². The van der Waals surface area contributed by atoms with Crippen molar-refractivity contribution >= 4 is 50.8 Å². The van der Waals surface area contributed by atoms with Gasteiger partial charge in [-0.25, -0.2) is 9.50 Å². The Bertz CT molecular complexity index is 1420. The van der Waals surface area contributed by atoms with E-state index in [0.717, 1.165) is 15.8 Å². The van der Waals surface area contributed by atoms with Crippen molar-refractivity contribution in [2.45, 2.75) is 45.2 Å². The van der Waals surface area contributed by atoms with Gasteiger partial charge in [-0.3, -0.25) is 13.7 Å².